The number of aliphatic hydroxyl groups is 2. The Morgan fingerprint density at radius 1 is 1.50 bits per heavy atom. The zero-order chi connectivity index (χ0) is 10.3. The molecule has 0 aromatic rings. The van der Waals surface area contributed by atoms with Crippen molar-refractivity contribution in [2.45, 2.75) is 31.0 Å². The van der Waals surface area contributed by atoms with Crippen LogP contribution in [0.15, 0.2) is 0 Å². The van der Waals surface area contributed by atoms with Crippen LogP contribution in [0, 0.1) is 5.92 Å². The number of fused-ring (bicyclic) bond motifs is 2. The molecule has 5 heteroatoms. The lowest BCUT2D eigenvalue weighted by Gasteiger charge is -2.41. The maximum atomic E-state index is 9.84. The van der Waals surface area contributed by atoms with Crippen LogP contribution in [0.2, 0.25) is 0 Å². The van der Waals surface area contributed by atoms with E-state index in [2.05, 4.69) is 0 Å². The molecular weight excluding hydrogens is 188 g/mol. The molecule has 0 aromatic heterocycles. The molecule has 2 heterocycles. The molecule has 0 amide bonds. The van der Waals surface area contributed by atoms with Gasteiger partial charge in [0, 0.05) is 13.0 Å². The van der Waals surface area contributed by atoms with Crippen molar-refractivity contribution in [3.8, 4) is 0 Å². The van der Waals surface area contributed by atoms with Crippen LogP contribution < -0.4 is 0 Å². The summed E-state index contributed by atoms with van der Waals surface area (Å²) in [6.07, 6.45) is -2.01. The monoisotopic (exact) mass is 204 g/mol. The van der Waals surface area contributed by atoms with Crippen LogP contribution in [0.5, 0.6) is 0 Å². The van der Waals surface area contributed by atoms with Gasteiger partial charge in [-0.3, -0.25) is 0 Å². The summed E-state index contributed by atoms with van der Waals surface area (Å²) in [6, 6.07) is 0. The first-order valence-electron chi connectivity index (χ1n) is 4.77. The van der Waals surface area contributed by atoms with Crippen LogP contribution >= 0.6 is 0 Å². The summed E-state index contributed by atoms with van der Waals surface area (Å²) in [5, 5.41) is 19.6. The molecule has 0 saturated carbocycles. The molecule has 2 unspecified atom stereocenters. The number of hydrogen-bond donors (Lipinski definition) is 2. The maximum Gasteiger partial charge on any atom is 0.221 e. The van der Waals surface area contributed by atoms with E-state index in [9.17, 15) is 10.2 Å². The van der Waals surface area contributed by atoms with E-state index in [0.29, 0.717) is 6.61 Å². The lowest BCUT2D eigenvalue weighted by Crippen LogP contribution is -2.59. The summed E-state index contributed by atoms with van der Waals surface area (Å²) in [5.74, 6) is -1.27. The number of ether oxygens (including phenoxy) is 3. The van der Waals surface area contributed by atoms with Gasteiger partial charge in [-0.25, -0.2) is 0 Å². The summed E-state index contributed by atoms with van der Waals surface area (Å²) in [5.41, 5.74) is 0. The minimum atomic E-state index is -1.16. The highest BCUT2D eigenvalue weighted by atomic mass is 16.8. The quantitative estimate of drug-likeness (QED) is 0.611. The standard InChI is InChI=1S/C9H16O5/c1-5-6-3-13-9(14-6,4-12-2)8(11)7(5)10/h5-8,10-11H,3-4H2,1-2H3/t5?,6-,7-,8-,9?/m1/s1. The Morgan fingerprint density at radius 2 is 2.21 bits per heavy atom. The largest absolute Gasteiger partial charge is 0.390 e. The van der Waals surface area contributed by atoms with E-state index in [1.54, 1.807) is 0 Å². The van der Waals surface area contributed by atoms with Gasteiger partial charge in [0.1, 0.15) is 12.7 Å². The third-order valence-electron chi connectivity index (χ3n) is 3.09. The molecule has 0 spiro atoms. The summed E-state index contributed by atoms with van der Waals surface area (Å²) >= 11 is 0. The van der Waals surface area contributed by atoms with Gasteiger partial charge in [0.15, 0.2) is 0 Å². The minimum Gasteiger partial charge on any atom is -0.390 e. The first kappa shape index (κ1) is 10.3. The predicted octanol–water partition coefficient (Wildman–Crippen LogP) is -0.884. The lowest BCUT2D eigenvalue weighted by molar-refractivity contribution is -0.298. The van der Waals surface area contributed by atoms with Crippen molar-refractivity contribution in [1.82, 2.24) is 0 Å². The van der Waals surface area contributed by atoms with E-state index in [4.69, 9.17) is 14.2 Å². The fraction of sp³-hybridized carbons (Fsp3) is 1.00. The Hall–Kier alpha value is -0.200. The fourth-order valence-corrected chi connectivity index (χ4v) is 2.09. The number of methoxy groups -OCH3 is 1. The highest BCUT2D eigenvalue weighted by Crippen LogP contribution is 2.39. The Morgan fingerprint density at radius 3 is 2.86 bits per heavy atom. The highest BCUT2D eigenvalue weighted by Gasteiger charge is 2.58. The topological polar surface area (TPSA) is 68.2 Å². The summed E-state index contributed by atoms with van der Waals surface area (Å²) < 4.78 is 15.9. The molecule has 5 nitrogen and oxygen atoms in total. The van der Waals surface area contributed by atoms with Crippen molar-refractivity contribution < 1.29 is 24.4 Å². The van der Waals surface area contributed by atoms with Gasteiger partial charge in [-0.2, -0.15) is 0 Å². The van der Waals surface area contributed by atoms with Crippen molar-refractivity contribution in [3.63, 3.8) is 0 Å². The van der Waals surface area contributed by atoms with Crippen molar-refractivity contribution >= 4 is 0 Å². The molecule has 0 aromatic carbocycles. The fourth-order valence-electron chi connectivity index (χ4n) is 2.09. The summed E-state index contributed by atoms with van der Waals surface area (Å²) in [7, 11) is 1.51. The SMILES string of the molecule is COCC12OC[C@@H](O1)C(C)[C@@H](O)[C@H]2O. The molecule has 0 radical (unpaired) electrons. The van der Waals surface area contributed by atoms with E-state index >= 15 is 0 Å². The highest BCUT2D eigenvalue weighted by molar-refractivity contribution is 4.99. The van der Waals surface area contributed by atoms with E-state index in [1.165, 1.54) is 7.11 Å². The molecular formula is C9H16O5. The van der Waals surface area contributed by atoms with Gasteiger partial charge in [0.05, 0.1) is 18.8 Å². The van der Waals surface area contributed by atoms with E-state index in [1.807, 2.05) is 6.92 Å². The average molecular weight is 204 g/mol. The van der Waals surface area contributed by atoms with Crippen LogP contribution in [0.3, 0.4) is 0 Å². The molecule has 2 fully saturated rings. The van der Waals surface area contributed by atoms with Crippen molar-refractivity contribution in [3.05, 3.63) is 0 Å². The van der Waals surface area contributed by atoms with E-state index in [-0.39, 0.29) is 18.6 Å². The third kappa shape index (κ3) is 1.28. The second kappa shape index (κ2) is 3.43. The van der Waals surface area contributed by atoms with Gasteiger partial charge in [0.25, 0.3) is 0 Å². The number of hydrogen-bond acceptors (Lipinski definition) is 5. The van der Waals surface area contributed by atoms with Crippen LogP contribution in [-0.2, 0) is 14.2 Å². The van der Waals surface area contributed by atoms with Crippen LogP contribution in [0.4, 0.5) is 0 Å². The lowest BCUT2D eigenvalue weighted by atomic mass is 9.88. The maximum absolute atomic E-state index is 9.84. The minimum absolute atomic E-state index is 0.113. The zero-order valence-electron chi connectivity index (χ0n) is 8.34. The number of rotatable bonds is 2. The van der Waals surface area contributed by atoms with Gasteiger partial charge in [0.2, 0.25) is 5.79 Å². The van der Waals surface area contributed by atoms with Crippen molar-refractivity contribution in [2.24, 2.45) is 5.92 Å². The van der Waals surface area contributed by atoms with Gasteiger partial charge in [-0.1, -0.05) is 6.92 Å². The molecule has 2 saturated heterocycles. The van der Waals surface area contributed by atoms with Gasteiger partial charge in [-0.15, -0.1) is 0 Å². The van der Waals surface area contributed by atoms with Gasteiger partial charge in [-0.05, 0) is 0 Å². The molecule has 0 aliphatic carbocycles. The Kier molecular flexibility index (Phi) is 2.53. The molecule has 2 N–H and O–H groups in total. The molecule has 2 aliphatic rings. The van der Waals surface area contributed by atoms with E-state index in [0.717, 1.165) is 0 Å². The zero-order valence-corrected chi connectivity index (χ0v) is 8.34. The molecule has 2 bridgehead atoms. The summed E-state index contributed by atoms with van der Waals surface area (Å²) in [4.78, 5) is 0. The van der Waals surface area contributed by atoms with Crippen LogP contribution in [0.1, 0.15) is 6.92 Å². The molecule has 14 heavy (non-hydrogen) atoms. The van der Waals surface area contributed by atoms with Crippen LogP contribution in [0.25, 0.3) is 0 Å². The molecule has 82 valence electrons. The predicted molar refractivity (Wildman–Crippen MR) is 46.6 cm³/mol. The molecule has 5 atom stereocenters. The van der Waals surface area contributed by atoms with E-state index < -0.39 is 18.0 Å². The first-order chi connectivity index (χ1) is 6.60. The van der Waals surface area contributed by atoms with Gasteiger partial charge < -0.3 is 24.4 Å². The first-order valence-corrected chi connectivity index (χ1v) is 4.77. The molecule has 2 aliphatic heterocycles. The third-order valence-corrected chi connectivity index (χ3v) is 3.09. The van der Waals surface area contributed by atoms with Crippen molar-refractivity contribution in [2.75, 3.05) is 20.3 Å². The normalized spacial score (nSPS) is 52.3. The Bertz CT molecular complexity index is 221. The smallest absolute Gasteiger partial charge is 0.221 e. The Balaban J connectivity index is 2.20. The Labute approximate surface area is 82.6 Å². The summed E-state index contributed by atoms with van der Waals surface area (Å²) in [6.45, 7) is 2.37. The second-order valence-electron chi connectivity index (χ2n) is 4.01. The molecule has 2 rings (SSSR count). The van der Waals surface area contributed by atoms with Crippen molar-refractivity contribution in [1.29, 1.82) is 0 Å². The van der Waals surface area contributed by atoms with Crippen LogP contribution in [-0.4, -0.2) is 54.6 Å². The van der Waals surface area contributed by atoms with Gasteiger partial charge >= 0.3 is 0 Å². The average Bonchev–Trinajstić information content (AvgIpc) is 2.56. The second-order valence-corrected chi connectivity index (χ2v) is 4.01. The number of aliphatic hydroxyl groups excluding tert-OH is 2.